The van der Waals surface area contributed by atoms with Gasteiger partial charge in [-0.2, -0.15) is 5.10 Å². The molecule has 1 aliphatic rings. The first kappa shape index (κ1) is 26.6. The third-order valence-corrected chi connectivity index (χ3v) is 7.23. The van der Waals surface area contributed by atoms with Crippen LogP contribution < -0.4 is 14.8 Å². The van der Waals surface area contributed by atoms with E-state index in [1.807, 2.05) is 28.9 Å². The first-order valence-electron chi connectivity index (χ1n) is 12.8. The zero-order valence-electron chi connectivity index (χ0n) is 22.4. The van der Waals surface area contributed by atoms with E-state index >= 15 is 0 Å². The van der Waals surface area contributed by atoms with Crippen molar-refractivity contribution >= 4 is 34.5 Å². The molecule has 2 unspecified atom stereocenters. The van der Waals surface area contributed by atoms with Gasteiger partial charge in [0.15, 0.2) is 11.5 Å². The maximum atomic E-state index is 12.0. The number of nitrogens with zero attached hydrogens (tertiary/aromatic N) is 4. The van der Waals surface area contributed by atoms with Gasteiger partial charge < -0.3 is 24.8 Å². The van der Waals surface area contributed by atoms with Crippen LogP contribution in [0.25, 0.3) is 11.0 Å². The number of hydrogen-bond acceptors (Lipinski definition) is 6. The van der Waals surface area contributed by atoms with Gasteiger partial charge in [-0.15, -0.1) is 0 Å². The number of hydrogen-bond donors (Lipinski definition) is 2. The van der Waals surface area contributed by atoms with Gasteiger partial charge in [-0.05, 0) is 53.8 Å². The van der Waals surface area contributed by atoms with Gasteiger partial charge >= 0.3 is 6.09 Å². The fourth-order valence-corrected chi connectivity index (χ4v) is 5.43. The first-order valence-corrected chi connectivity index (χ1v) is 13.2. The van der Waals surface area contributed by atoms with Crippen molar-refractivity contribution in [1.82, 2.24) is 19.7 Å². The molecule has 2 atom stereocenters. The Morgan fingerprint density at radius 3 is 2.44 bits per heavy atom. The maximum absolute atomic E-state index is 12.0. The van der Waals surface area contributed by atoms with E-state index in [1.54, 1.807) is 43.6 Å². The van der Waals surface area contributed by atoms with Crippen LogP contribution >= 0.6 is 11.6 Å². The number of fused-ring (bicyclic) bond motifs is 1. The van der Waals surface area contributed by atoms with Gasteiger partial charge in [-0.3, -0.25) is 0 Å². The largest absolute Gasteiger partial charge is 0.497 e. The smallest absolute Gasteiger partial charge is 0.407 e. The molecule has 0 bridgehead atoms. The summed E-state index contributed by atoms with van der Waals surface area (Å²) in [4.78, 5) is 18.2. The molecule has 0 aliphatic carbocycles. The molecule has 2 aromatic carbocycles. The van der Waals surface area contributed by atoms with Crippen molar-refractivity contribution in [3.8, 4) is 17.2 Å². The number of nitrogens with one attached hydrogen (secondary N) is 1. The molecule has 5 rings (SSSR count). The summed E-state index contributed by atoms with van der Waals surface area (Å²) in [5, 5.41) is 19.7. The second-order valence-electron chi connectivity index (χ2n) is 10.7. The van der Waals surface area contributed by atoms with Gasteiger partial charge in [0.25, 0.3) is 0 Å². The quantitative estimate of drug-likeness (QED) is 0.271. The van der Waals surface area contributed by atoms with Gasteiger partial charge in [0.05, 0.1) is 25.7 Å². The van der Waals surface area contributed by atoms with E-state index in [1.165, 1.54) is 4.90 Å². The second kappa shape index (κ2) is 10.6. The predicted molar refractivity (Wildman–Crippen MR) is 151 cm³/mol. The molecular weight excluding hydrogens is 518 g/mol. The number of carbonyl (C=O) groups is 1. The van der Waals surface area contributed by atoms with Gasteiger partial charge in [0, 0.05) is 23.8 Å². The lowest BCUT2D eigenvalue weighted by Gasteiger charge is -2.37. The number of methoxy groups -OCH3 is 1. The van der Waals surface area contributed by atoms with Crippen molar-refractivity contribution in [3.63, 3.8) is 0 Å². The highest BCUT2D eigenvalue weighted by atomic mass is 35.5. The van der Waals surface area contributed by atoms with Crippen LogP contribution in [0.5, 0.6) is 17.2 Å². The van der Waals surface area contributed by atoms with Crippen LogP contribution in [0.1, 0.15) is 32.8 Å². The second-order valence-corrected chi connectivity index (χ2v) is 11.2. The van der Waals surface area contributed by atoms with Crippen molar-refractivity contribution in [3.05, 3.63) is 71.4 Å². The standard InChI is InChI=1S/C29H32ClN5O4/c1-29(2,3)25-22(14-16-34(25)28(36)37)32-26-24-23(39-21-11-7-19(30)8-12-21)13-15-31-27(24)35(33-26)17-18-5-9-20(38-4)10-6-18/h5-13,15,22,25H,14,16-17H2,1-4H3,(H,32,33)(H,36,37). The van der Waals surface area contributed by atoms with Gasteiger partial charge in [-0.1, -0.05) is 44.5 Å². The van der Waals surface area contributed by atoms with Crippen LogP contribution in [-0.4, -0.2) is 56.6 Å². The minimum Gasteiger partial charge on any atom is -0.497 e. The summed E-state index contributed by atoms with van der Waals surface area (Å²) in [6, 6.07) is 16.4. The van der Waals surface area contributed by atoms with Crippen LogP contribution in [-0.2, 0) is 6.54 Å². The fourth-order valence-electron chi connectivity index (χ4n) is 5.30. The lowest BCUT2D eigenvalue weighted by Crippen LogP contribution is -2.49. The number of amides is 1. The molecule has 2 N–H and O–H groups in total. The first-order chi connectivity index (χ1) is 18.6. The number of likely N-dealkylation sites (tertiary alicyclic amines) is 1. The summed E-state index contributed by atoms with van der Waals surface area (Å²) in [6.07, 6.45) is 1.44. The molecule has 2 aromatic heterocycles. The van der Waals surface area contributed by atoms with Crippen LogP contribution in [0.2, 0.25) is 5.02 Å². The number of anilines is 1. The lowest BCUT2D eigenvalue weighted by atomic mass is 9.82. The Bertz CT molecular complexity index is 1460. The highest BCUT2D eigenvalue weighted by molar-refractivity contribution is 6.30. The maximum Gasteiger partial charge on any atom is 0.407 e. The fraction of sp³-hybridized carbons (Fsp3) is 0.345. The highest BCUT2D eigenvalue weighted by Gasteiger charge is 2.44. The molecule has 1 aliphatic heterocycles. The van der Waals surface area contributed by atoms with Gasteiger partial charge in [0.1, 0.15) is 22.6 Å². The van der Waals surface area contributed by atoms with Crippen molar-refractivity contribution in [2.45, 2.75) is 45.8 Å². The average molecular weight is 550 g/mol. The summed E-state index contributed by atoms with van der Waals surface area (Å²) >= 11 is 6.07. The Morgan fingerprint density at radius 1 is 1.10 bits per heavy atom. The minimum absolute atomic E-state index is 0.141. The molecule has 0 saturated carbocycles. The molecule has 1 amide bonds. The molecule has 1 saturated heterocycles. The number of pyridine rings is 1. The molecule has 0 radical (unpaired) electrons. The highest BCUT2D eigenvalue weighted by Crippen LogP contribution is 2.39. The Hall–Kier alpha value is -3.98. The monoisotopic (exact) mass is 549 g/mol. The van der Waals surface area contributed by atoms with Crippen LogP contribution in [0, 0.1) is 5.41 Å². The average Bonchev–Trinajstić information content (AvgIpc) is 3.49. The van der Waals surface area contributed by atoms with Crippen molar-refractivity contribution < 1.29 is 19.4 Å². The van der Waals surface area contributed by atoms with E-state index in [0.29, 0.717) is 47.5 Å². The Morgan fingerprint density at radius 2 is 1.79 bits per heavy atom. The summed E-state index contributed by atoms with van der Waals surface area (Å²) in [6.45, 7) is 7.11. The van der Waals surface area contributed by atoms with E-state index in [0.717, 1.165) is 16.7 Å². The third kappa shape index (κ3) is 5.59. The SMILES string of the molecule is COc1ccc(Cn2nc(NC3CCN(C(=O)O)C3C(C)(C)C)c3c(Oc4ccc(Cl)cc4)ccnc32)cc1. The lowest BCUT2D eigenvalue weighted by molar-refractivity contribution is 0.103. The summed E-state index contributed by atoms with van der Waals surface area (Å²) in [5.74, 6) is 2.60. The number of benzene rings is 2. The predicted octanol–water partition coefficient (Wildman–Crippen LogP) is 6.51. The normalized spacial score (nSPS) is 17.4. The van der Waals surface area contributed by atoms with Crippen LogP contribution in [0.4, 0.5) is 10.6 Å². The van der Waals surface area contributed by atoms with E-state index in [9.17, 15) is 9.90 Å². The van der Waals surface area contributed by atoms with Crippen molar-refractivity contribution in [2.24, 2.45) is 5.41 Å². The zero-order valence-corrected chi connectivity index (χ0v) is 23.1. The van der Waals surface area contributed by atoms with E-state index in [-0.39, 0.29) is 17.5 Å². The number of halogens is 1. The van der Waals surface area contributed by atoms with E-state index < -0.39 is 6.09 Å². The molecule has 0 spiro atoms. The Kier molecular flexibility index (Phi) is 7.27. The number of carboxylic acid groups (broad SMARTS) is 1. The Balaban J connectivity index is 1.56. The van der Waals surface area contributed by atoms with Crippen LogP contribution in [0.15, 0.2) is 60.8 Å². The number of aromatic nitrogens is 3. The minimum atomic E-state index is -0.914. The summed E-state index contributed by atoms with van der Waals surface area (Å²) < 4.78 is 13.4. The molecule has 3 heterocycles. The number of ether oxygens (including phenoxy) is 2. The van der Waals surface area contributed by atoms with Gasteiger partial charge in [0.2, 0.25) is 0 Å². The molecule has 10 heteroatoms. The molecule has 1 fully saturated rings. The van der Waals surface area contributed by atoms with Crippen molar-refractivity contribution in [2.75, 3.05) is 19.0 Å². The third-order valence-electron chi connectivity index (χ3n) is 6.98. The zero-order chi connectivity index (χ0) is 27.7. The summed E-state index contributed by atoms with van der Waals surface area (Å²) in [7, 11) is 1.64. The molecule has 4 aromatic rings. The topological polar surface area (TPSA) is 102 Å². The molecular formula is C29H32ClN5O4. The number of rotatable bonds is 7. The van der Waals surface area contributed by atoms with E-state index in [2.05, 4.69) is 31.1 Å². The molecule has 204 valence electrons. The summed E-state index contributed by atoms with van der Waals surface area (Å²) in [5.41, 5.74) is 1.40. The Labute approximate surface area is 232 Å². The van der Waals surface area contributed by atoms with Gasteiger partial charge in [-0.25, -0.2) is 14.5 Å². The van der Waals surface area contributed by atoms with E-state index in [4.69, 9.17) is 26.2 Å². The molecule has 39 heavy (non-hydrogen) atoms. The van der Waals surface area contributed by atoms with Crippen molar-refractivity contribution in [1.29, 1.82) is 0 Å². The van der Waals surface area contributed by atoms with Crippen LogP contribution in [0.3, 0.4) is 0 Å². The molecule has 9 nitrogen and oxygen atoms in total.